The number of anilines is 1. The van der Waals surface area contributed by atoms with Crippen LogP contribution >= 0.6 is 0 Å². The molecule has 3 aliphatic rings. The van der Waals surface area contributed by atoms with E-state index in [2.05, 4.69) is 32.0 Å². The minimum atomic E-state index is -1.01. The molecular weight excluding hydrogens is 664 g/mol. The maximum Gasteiger partial charge on any atom is 0.262 e. The van der Waals surface area contributed by atoms with Gasteiger partial charge in [-0.25, -0.2) is 4.98 Å². The zero-order valence-electron chi connectivity index (χ0n) is 29.4. The molecule has 1 unspecified atom stereocenters. The van der Waals surface area contributed by atoms with E-state index in [9.17, 15) is 24.0 Å². The van der Waals surface area contributed by atoms with Gasteiger partial charge in [-0.2, -0.15) is 0 Å². The van der Waals surface area contributed by atoms with E-state index in [4.69, 9.17) is 9.47 Å². The van der Waals surface area contributed by atoms with Crippen molar-refractivity contribution in [1.82, 2.24) is 25.1 Å². The second kappa shape index (κ2) is 14.0. The number of nitrogens with one attached hydrogen (secondary N) is 2. The number of pyridine rings is 2. The number of H-pyrrole nitrogens is 1. The summed E-state index contributed by atoms with van der Waals surface area (Å²) in [5, 5.41) is 3.48. The van der Waals surface area contributed by atoms with Crippen LogP contribution in [0.1, 0.15) is 57.5 Å². The summed E-state index contributed by atoms with van der Waals surface area (Å²) in [4.78, 5) is 75.3. The van der Waals surface area contributed by atoms with Gasteiger partial charge in [0.05, 0.1) is 36.3 Å². The van der Waals surface area contributed by atoms with E-state index in [0.29, 0.717) is 29.0 Å². The van der Waals surface area contributed by atoms with E-state index in [-0.39, 0.29) is 35.4 Å². The van der Waals surface area contributed by atoms with E-state index in [1.807, 2.05) is 37.2 Å². The number of aromatic amines is 1. The first kappa shape index (κ1) is 34.4. The Morgan fingerprint density at radius 3 is 2.27 bits per heavy atom. The summed E-state index contributed by atoms with van der Waals surface area (Å²) in [5.41, 5.74) is 3.44. The summed E-state index contributed by atoms with van der Waals surface area (Å²) in [7, 11) is 7.08. The van der Waals surface area contributed by atoms with Gasteiger partial charge < -0.3 is 19.4 Å². The number of rotatable bonds is 7. The van der Waals surface area contributed by atoms with Crippen LogP contribution in [0.15, 0.2) is 53.6 Å². The molecule has 0 spiro atoms. The summed E-state index contributed by atoms with van der Waals surface area (Å²) < 4.78 is 11.8. The van der Waals surface area contributed by atoms with Gasteiger partial charge in [0.1, 0.15) is 23.4 Å². The molecule has 4 aromatic rings. The molecule has 3 aliphatic heterocycles. The third kappa shape index (κ3) is 6.37. The molecule has 13 nitrogen and oxygen atoms in total. The van der Waals surface area contributed by atoms with Crippen molar-refractivity contribution in [3.8, 4) is 34.5 Å². The standard InChI is InChI=1S/C39H38N6O7/c1-43(2)34-18-26-28(19-41-36(47)29(26)20-40-34)24-16-32(51-3)30(33(17-24)52-4)21-44-13-11-22(12-14-44)5-6-23-7-8-25-27(15-23)39(50)45(38(25)49)31-9-10-35(46)42-37(31)48/h7-8,15-20,22,31H,9-14,21H2,1-4H3,(H,41,47)(H,42,46,48). The number of benzene rings is 2. The fourth-order valence-electron chi connectivity index (χ4n) is 7.11. The largest absolute Gasteiger partial charge is 0.496 e. The van der Waals surface area contributed by atoms with Crippen molar-refractivity contribution in [3.63, 3.8) is 0 Å². The number of carbonyl (C=O) groups excluding carboxylic acids is 4. The van der Waals surface area contributed by atoms with Crippen molar-refractivity contribution >= 4 is 40.2 Å². The Bertz CT molecular complexity index is 2240. The van der Waals surface area contributed by atoms with Crippen LogP contribution in [0, 0.1) is 17.8 Å². The molecule has 1 atom stereocenters. The van der Waals surface area contributed by atoms with Gasteiger partial charge in [-0.15, -0.1) is 0 Å². The number of likely N-dealkylation sites (tertiary alicyclic amines) is 1. The number of piperidine rings is 2. The molecule has 13 heteroatoms. The fourth-order valence-corrected chi connectivity index (χ4v) is 7.11. The van der Waals surface area contributed by atoms with Crippen LogP contribution in [0.3, 0.4) is 0 Å². The second-order valence-electron chi connectivity index (χ2n) is 13.4. The van der Waals surface area contributed by atoms with Crippen LogP contribution in [0.2, 0.25) is 0 Å². The molecule has 0 radical (unpaired) electrons. The second-order valence-corrected chi connectivity index (χ2v) is 13.4. The molecule has 5 heterocycles. The number of amides is 4. The van der Waals surface area contributed by atoms with Gasteiger partial charge in [-0.05, 0) is 74.3 Å². The lowest BCUT2D eigenvalue weighted by atomic mass is 9.95. The molecule has 2 aromatic carbocycles. The Balaban J connectivity index is 1.04. The number of methoxy groups -OCH3 is 2. The van der Waals surface area contributed by atoms with E-state index in [1.165, 1.54) is 0 Å². The van der Waals surface area contributed by atoms with Crippen molar-refractivity contribution in [1.29, 1.82) is 0 Å². The van der Waals surface area contributed by atoms with Gasteiger partial charge in [0, 0.05) is 61.9 Å². The maximum absolute atomic E-state index is 13.2. The molecule has 0 bridgehead atoms. The Morgan fingerprint density at radius 2 is 1.60 bits per heavy atom. The topological polar surface area (TPSA) is 154 Å². The van der Waals surface area contributed by atoms with Gasteiger partial charge >= 0.3 is 0 Å². The van der Waals surface area contributed by atoms with Gasteiger partial charge in [0.2, 0.25) is 11.8 Å². The first-order valence-corrected chi connectivity index (χ1v) is 17.1. The lowest BCUT2D eigenvalue weighted by Crippen LogP contribution is -2.54. The van der Waals surface area contributed by atoms with Crippen molar-refractivity contribution in [2.75, 3.05) is 46.3 Å². The zero-order valence-corrected chi connectivity index (χ0v) is 29.4. The van der Waals surface area contributed by atoms with Gasteiger partial charge in [-0.1, -0.05) is 11.8 Å². The molecule has 52 heavy (non-hydrogen) atoms. The fraction of sp³-hybridized carbons (Fsp3) is 0.333. The van der Waals surface area contributed by atoms with Crippen LogP contribution in [0.25, 0.3) is 21.9 Å². The van der Waals surface area contributed by atoms with Crippen LogP contribution < -0.4 is 25.2 Å². The highest BCUT2D eigenvalue weighted by molar-refractivity contribution is 6.23. The maximum atomic E-state index is 13.2. The molecule has 266 valence electrons. The highest BCUT2D eigenvalue weighted by Crippen LogP contribution is 2.38. The lowest BCUT2D eigenvalue weighted by Gasteiger charge is -2.30. The van der Waals surface area contributed by atoms with Crippen LogP contribution in [-0.2, 0) is 16.1 Å². The summed E-state index contributed by atoms with van der Waals surface area (Å²) in [6.45, 7) is 2.21. The van der Waals surface area contributed by atoms with Crippen molar-refractivity contribution in [2.24, 2.45) is 5.92 Å². The first-order chi connectivity index (χ1) is 25.1. The minimum Gasteiger partial charge on any atom is -0.496 e. The highest BCUT2D eigenvalue weighted by Gasteiger charge is 2.44. The first-order valence-electron chi connectivity index (χ1n) is 17.1. The predicted octanol–water partition coefficient (Wildman–Crippen LogP) is 3.34. The van der Waals surface area contributed by atoms with Crippen molar-refractivity contribution in [3.05, 3.63) is 81.4 Å². The third-order valence-corrected chi connectivity index (χ3v) is 9.98. The molecule has 2 fully saturated rings. The smallest absolute Gasteiger partial charge is 0.262 e. The van der Waals surface area contributed by atoms with Crippen LogP contribution in [-0.4, -0.2) is 90.8 Å². The van der Waals surface area contributed by atoms with E-state index >= 15 is 0 Å². The summed E-state index contributed by atoms with van der Waals surface area (Å²) >= 11 is 0. The third-order valence-electron chi connectivity index (χ3n) is 9.98. The SMILES string of the molecule is COc1cc(-c2c[nH]c(=O)c3cnc(N(C)C)cc23)cc(OC)c1CN1CCC(C#Cc2ccc3c(c2)C(=O)N(C2CCC(=O)NC2=O)C3=O)CC1. The Kier molecular flexibility index (Phi) is 9.25. The monoisotopic (exact) mass is 702 g/mol. The Morgan fingerprint density at radius 1 is 0.885 bits per heavy atom. The highest BCUT2D eigenvalue weighted by atomic mass is 16.5. The van der Waals surface area contributed by atoms with Crippen LogP contribution in [0.5, 0.6) is 11.5 Å². The summed E-state index contributed by atoms with van der Waals surface area (Å²) in [6.07, 6.45) is 5.16. The molecule has 2 N–H and O–H groups in total. The zero-order chi connectivity index (χ0) is 36.7. The van der Waals surface area contributed by atoms with Crippen molar-refractivity contribution in [2.45, 2.75) is 38.3 Å². The number of nitrogens with zero attached hydrogens (tertiary/aromatic N) is 4. The molecule has 7 rings (SSSR count). The van der Waals surface area contributed by atoms with Crippen LogP contribution in [0.4, 0.5) is 5.82 Å². The molecule has 4 amide bonds. The lowest BCUT2D eigenvalue weighted by molar-refractivity contribution is -0.136. The molecule has 0 aliphatic carbocycles. The number of ether oxygens (including phenoxy) is 2. The molecule has 0 saturated carbocycles. The van der Waals surface area contributed by atoms with Gasteiger partial charge in [0.25, 0.3) is 17.4 Å². The molecule has 2 aromatic heterocycles. The van der Waals surface area contributed by atoms with E-state index in [1.54, 1.807) is 44.8 Å². The Labute approximate surface area is 299 Å². The summed E-state index contributed by atoms with van der Waals surface area (Å²) in [5.74, 6) is 6.65. The number of aromatic nitrogens is 2. The molecule has 2 saturated heterocycles. The number of carbonyl (C=O) groups is 4. The summed E-state index contributed by atoms with van der Waals surface area (Å²) in [6, 6.07) is 9.75. The van der Waals surface area contributed by atoms with E-state index in [0.717, 1.165) is 58.7 Å². The quantitative estimate of drug-likeness (QED) is 0.217. The normalized spacial score (nSPS) is 17.8. The number of hydrogen-bond acceptors (Lipinski definition) is 10. The number of hydrogen-bond donors (Lipinski definition) is 2. The Hall–Kier alpha value is -6.00. The van der Waals surface area contributed by atoms with Gasteiger partial charge in [0.15, 0.2) is 0 Å². The minimum absolute atomic E-state index is 0.0684. The number of fused-ring (bicyclic) bond motifs is 2. The number of imide groups is 2. The predicted molar refractivity (Wildman–Crippen MR) is 193 cm³/mol. The van der Waals surface area contributed by atoms with E-state index < -0.39 is 29.7 Å². The molecular formula is C39H38N6O7. The van der Waals surface area contributed by atoms with Crippen molar-refractivity contribution < 1.29 is 28.7 Å². The van der Waals surface area contributed by atoms with Gasteiger partial charge in [-0.3, -0.25) is 39.1 Å². The average molecular weight is 703 g/mol. The average Bonchev–Trinajstić information content (AvgIpc) is 3.39.